The standard InChI is InChI=1S/C39H62O12/c1-17-9-12-39(46-16-17)18(2)28-26(51-39)14-24-22-8-7-21-13-25(49-35-33(44)31(42)29(40)19(3)47-35)27(15-38(21,6)23(22)10-11-37(24,28)5)50-36-34(45)32(43)30(41)20(4)48-36/h7,17-20,22-36,40-45H,8-16H2,1-6H3/t17-,18+,19+,20+,22-,23+,24+,25-,26+,27-,28+,29+,30+,31-,32-,33-,34-,35+,36+,37+,38+,39-/m1/s1. The Hall–Kier alpha value is -0.740. The summed E-state index contributed by atoms with van der Waals surface area (Å²) in [4.78, 5) is 0. The first-order chi connectivity index (χ1) is 24.1. The molecule has 0 aromatic heterocycles. The molecule has 0 aromatic carbocycles. The van der Waals surface area contributed by atoms with Gasteiger partial charge >= 0.3 is 0 Å². The molecule has 4 aliphatic heterocycles. The van der Waals surface area contributed by atoms with Gasteiger partial charge in [0.2, 0.25) is 0 Å². The first-order valence-corrected chi connectivity index (χ1v) is 19.8. The minimum Gasteiger partial charge on any atom is -0.388 e. The Bertz CT molecular complexity index is 1320. The Balaban J connectivity index is 1.06. The van der Waals surface area contributed by atoms with Gasteiger partial charge in [-0.05, 0) is 99.2 Å². The van der Waals surface area contributed by atoms with Crippen LogP contribution >= 0.6 is 0 Å². The summed E-state index contributed by atoms with van der Waals surface area (Å²) in [6.45, 7) is 13.5. The van der Waals surface area contributed by atoms with Crippen LogP contribution in [0.15, 0.2) is 11.6 Å². The van der Waals surface area contributed by atoms with Crippen molar-refractivity contribution >= 4 is 0 Å². The molecule has 4 aliphatic carbocycles. The van der Waals surface area contributed by atoms with Crippen LogP contribution < -0.4 is 0 Å². The summed E-state index contributed by atoms with van der Waals surface area (Å²) in [6, 6.07) is 0. The van der Waals surface area contributed by atoms with E-state index in [9.17, 15) is 30.6 Å². The number of ether oxygens (including phenoxy) is 6. The third-order valence-corrected chi connectivity index (χ3v) is 15.6. The van der Waals surface area contributed by atoms with Gasteiger partial charge in [0.15, 0.2) is 18.4 Å². The predicted octanol–water partition coefficient (Wildman–Crippen LogP) is 2.39. The zero-order valence-corrected chi connectivity index (χ0v) is 31.0. The molecule has 8 rings (SSSR count). The molecule has 4 saturated heterocycles. The number of aliphatic hydroxyl groups is 6. The smallest absolute Gasteiger partial charge is 0.186 e. The molecule has 0 radical (unpaired) electrons. The second-order valence-corrected chi connectivity index (χ2v) is 18.4. The van der Waals surface area contributed by atoms with E-state index >= 15 is 0 Å². The second-order valence-electron chi connectivity index (χ2n) is 18.4. The van der Waals surface area contributed by atoms with Crippen LogP contribution in [0, 0.1) is 46.3 Å². The van der Waals surface area contributed by atoms with Gasteiger partial charge in [0.1, 0.15) is 36.6 Å². The third-order valence-electron chi connectivity index (χ3n) is 15.6. The van der Waals surface area contributed by atoms with Crippen LogP contribution in [0.3, 0.4) is 0 Å². The average Bonchev–Trinajstić information content (AvgIpc) is 3.54. The Kier molecular flexibility index (Phi) is 9.62. The number of aliphatic hydroxyl groups excluding tert-OH is 6. The van der Waals surface area contributed by atoms with E-state index in [0.29, 0.717) is 48.3 Å². The van der Waals surface area contributed by atoms with E-state index < -0.39 is 79.4 Å². The van der Waals surface area contributed by atoms with E-state index in [4.69, 9.17) is 28.4 Å². The van der Waals surface area contributed by atoms with Crippen LogP contribution in [0.4, 0.5) is 0 Å². The summed E-state index contributed by atoms with van der Waals surface area (Å²) >= 11 is 0. The van der Waals surface area contributed by atoms with Gasteiger partial charge in [-0.2, -0.15) is 0 Å². The van der Waals surface area contributed by atoms with Crippen molar-refractivity contribution in [2.75, 3.05) is 6.61 Å². The van der Waals surface area contributed by atoms with Crippen LogP contribution in [-0.2, 0) is 28.4 Å². The van der Waals surface area contributed by atoms with E-state index in [1.165, 1.54) is 5.57 Å². The van der Waals surface area contributed by atoms with E-state index in [1.807, 2.05) is 0 Å². The third kappa shape index (κ3) is 5.76. The fraction of sp³-hybridized carbons (Fsp3) is 0.949. The summed E-state index contributed by atoms with van der Waals surface area (Å²) in [6.07, 6.45) is -3.68. The highest BCUT2D eigenvalue weighted by Crippen LogP contribution is 2.71. The lowest BCUT2D eigenvalue weighted by Gasteiger charge is -2.60. The molecule has 51 heavy (non-hydrogen) atoms. The number of hydrogen-bond donors (Lipinski definition) is 6. The fourth-order valence-electron chi connectivity index (χ4n) is 12.5. The van der Waals surface area contributed by atoms with Gasteiger partial charge < -0.3 is 59.1 Å². The molecule has 0 bridgehead atoms. The van der Waals surface area contributed by atoms with Crippen molar-refractivity contribution in [1.29, 1.82) is 0 Å². The minimum atomic E-state index is -1.48. The molecule has 12 heteroatoms. The largest absolute Gasteiger partial charge is 0.388 e. The lowest BCUT2D eigenvalue weighted by Crippen LogP contribution is -2.61. The molecule has 22 atom stereocenters. The molecular weight excluding hydrogens is 660 g/mol. The number of allylic oxidation sites excluding steroid dienone is 1. The van der Waals surface area contributed by atoms with Crippen molar-refractivity contribution in [2.24, 2.45) is 46.3 Å². The van der Waals surface area contributed by atoms with Crippen molar-refractivity contribution < 1.29 is 59.1 Å². The maximum Gasteiger partial charge on any atom is 0.186 e. The van der Waals surface area contributed by atoms with E-state index in [0.717, 1.165) is 45.1 Å². The van der Waals surface area contributed by atoms with Crippen LogP contribution in [-0.4, -0.2) is 123 Å². The molecule has 3 saturated carbocycles. The van der Waals surface area contributed by atoms with E-state index in [2.05, 4.69) is 33.8 Å². The Morgan fingerprint density at radius 3 is 1.98 bits per heavy atom. The van der Waals surface area contributed by atoms with Crippen molar-refractivity contribution in [2.45, 2.75) is 178 Å². The highest BCUT2D eigenvalue weighted by atomic mass is 16.7. The molecule has 7 fully saturated rings. The topological polar surface area (TPSA) is 177 Å². The van der Waals surface area contributed by atoms with E-state index in [1.54, 1.807) is 13.8 Å². The maximum absolute atomic E-state index is 11.0. The van der Waals surface area contributed by atoms with Crippen molar-refractivity contribution in [3.63, 3.8) is 0 Å². The Morgan fingerprint density at radius 2 is 1.37 bits per heavy atom. The normalized spacial score (nSPS) is 59.8. The highest BCUT2D eigenvalue weighted by Gasteiger charge is 2.69. The Morgan fingerprint density at radius 1 is 0.745 bits per heavy atom. The van der Waals surface area contributed by atoms with Gasteiger partial charge in [0.25, 0.3) is 0 Å². The molecule has 4 heterocycles. The minimum absolute atomic E-state index is 0.156. The van der Waals surface area contributed by atoms with Crippen molar-refractivity contribution in [1.82, 2.24) is 0 Å². The highest BCUT2D eigenvalue weighted by molar-refractivity contribution is 5.28. The predicted molar refractivity (Wildman–Crippen MR) is 182 cm³/mol. The molecule has 0 unspecified atom stereocenters. The van der Waals surface area contributed by atoms with Gasteiger partial charge in [-0.1, -0.05) is 39.3 Å². The van der Waals surface area contributed by atoms with Crippen LogP contribution in [0.5, 0.6) is 0 Å². The number of fused-ring (bicyclic) bond motifs is 7. The van der Waals surface area contributed by atoms with Crippen LogP contribution in [0.25, 0.3) is 0 Å². The summed E-state index contributed by atoms with van der Waals surface area (Å²) in [5.41, 5.74) is 1.18. The first kappa shape index (κ1) is 37.2. The quantitative estimate of drug-likeness (QED) is 0.234. The Labute approximate surface area is 301 Å². The molecule has 8 aliphatic rings. The number of hydrogen-bond acceptors (Lipinski definition) is 12. The maximum atomic E-state index is 11.0. The van der Waals surface area contributed by atoms with Crippen molar-refractivity contribution in [3.8, 4) is 0 Å². The summed E-state index contributed by atoms with van der Waals surface area (Å²) < 4.78 is 38.3. The van der Waals surface area contributed by atoms with Crippen LogP contribution in [0.1, 0.15) is 92.9 Å². The molecule has 1 spiro atoms. The van der Waals surface area contributed by atoms with Gasteiger partial charge in [-0.15, -0.1) is 0 Å². The van der Waals surface area contributed by atoms with Crippen LogP contribution in [0.2, 0.25) is 0 Å². The molecular formula is C39H62O12. The van der Waals surface area contributed by atoms with Gasteiger partial charge in [0, 0.05) is 12.3 Å². The van der Waals surface area contributed by atoms with Gasteiger partial charge in [0.05, 0.1) is 37.1 Å². The summed E-state index contributed by atoms with van der Waals surface area (Å²) in [5.74, 6) is 2.29. The summed E-state index contributed by atoms with van der Waals surface area (Å²) in [5, 5.41) is 63.7. The zero-order chi connectivity index (χ0) is 36.4. The number of rotatable bonds is 4. The first-order valence-electron chi connectivity index (χ1n) is 19.8. The second kappa shape index (κ2) is 13.2. The SMILES string of the molecule is C[C@@H]1CC[C@@]2(OC1)O[C@H]1C[C@H]3[C@@H]4CC=C5C[C@@H](O[C@@H]6O[C@@H](C)[C@H](O)[C@@H](O)[C@H]6O)[C@H](O[C@@H]6O[C@@H](C)[C@H](O)[C@@H](O)[C@H]6O)C[C@]5(C)[C@H]4CC[C@]3(C)[C@H]1[C@@H]2C. The molecule has 0 amide bonds. The van der Waals surface area contributed by atoms with Gasteiger partial charge in [-0.3, -0.25) is 0 Å². The zero-order valence-electron chi connectivity index (χ0n) is 31.0. The lowest BCUT2D eigenvalue weighted by molar-refractivity contribution is -0.340. The molecule has 0 aromatic rings. The monoisotopic (exact) mass is 722 g/mol. The van der Waals surface area contributed by atoms with E-state index in [-0.39, 0.29) is 16.9 Å². The lowest BCUT2D eigenvalue weighted by atomic mass is 9.46. The molecule has 6 N–H and O–H groups in total. The van der Waals surface area contributed by atoms with Gasteiger partial charge in [-0.25, -0.2) is 0 Å². The van der Waals surface area contributed by atoms with Crippen molar-refractivity contribution in [3.05, 3.63) is 11.6 Å². The summed E-state index contributed by atoms with van der Waals surface area (Å²) in [7, 11) is 0. The molecule has 12 nitrogen and oxygen atoms in total. The average molecular weight is 723 g/mol. The molecule has 290 valence electrons. The fourth-order valence-corrected chi connectivity index (χ4v) is 12.5.